The number of rotatable bonds is 7. The average Bonchev–Trinajstić information content (AvgIpc) is 3.19. The molecule has 144 valence electrons. The van der Waals surface area contributed by atoms with Crippen molar-refractivity contribution in [2.45, 2.75) is 13.0 Å². The summed E-state index contributed by atoms with van der Waals surface area (Å²) in [5.41, 5.74) is 1.85. The standard InChI is InChI=1S/C22H22N2O4/c1-2-27-16-8-10-17(11-9-16)28-18-14-24(15-18)20-7-5-6-19(22(25)26)21(20)23-12-3-4-13-23/h3-13,18H,2,14-15H2,1H3,(H,25,26). The van der Waals surface area contributed by atoms with E-state index in [0.29, 0.717) is 25.4 Å². The summed E-state index contributed by atoms with van der Waals surface area (Å²) in [5, 5.41) is 9.60. The molecule has 6 nitrogen and oxygen atoms in total. The molecule has 0 saturated carbocycles. The number of nitrogens with zero attached hydrogens (tertiary/aromatic N) is 2. The lowest BCUT2D eigenvalue weighted by atomic mass is 10.1. The third-order valence-electron chi connectivity index (χ3n) is 4.73. The monoisotopic (exact) mass is 378 g/mol. The van der Waals surface area contributed by atoms with E-state index in [0.717, 1.165) is 17.2 Å². The minimum absolute atomic E-state index is 0.0592. The van der Waals surface area contributed by atoms with Gasteiger partial charge in [-0.05, 0) is 55.5 Å². The molecule has 2 aromatic carbocycles. The summed E-state index contributed by atoms with van der Waals surface area (Å²) in [6.45, 7) is 3.99. The van der Waals surface area contributed by atoms with Gasteiger partial charge in [-0.15, -0.1) is 0 Å². The molecule has 1 fully saturated rings. The minimum atomic E-state index is -0.937. The van der Waals surface area contributed by atoms with Crippen molar-refractivity contribution >= 4 is 11.7 Å². The molecule has 0 amide bonds. The van der Waals surface area contributed by atoms with Gasteiger partial charge in [0.1, 0.15) is 17.6 Å². The van der Waals surface area contributed by atoms with Crippen LogP contribution in [-0.4, -0.2) is 41.4 Å². The molecule has 0 radical (unpaired) electrons. The summed E-state index contributed by atoms with van der Waals surface area (Å²) in [6, 6.07) is 16.8. The molecular weight excluding hydrogens is 356 g/mol. The lowest BCUT2D eigenvalue weighted by Gasteiger charge is -2.41. The van der Waals surface area contributed by atoms with Gasteiger partial charge in [-0.3, -0.25) is 0 Å². The largest absolute Gasteiger partial charge is 0.494 e. The highest BCUT2D eigenvalue weighted by Gasteiger charge is 2.31. The topological polar surface area (TPSA) is 63.9 Å². The number of carboxylic acid groups (broad SMARTS) is 1. The van der Waals surface area contributed by atoms with Crippen LogP contribution >= 0.6 is 0 Å². The van der Waals surface area contributed by atoms with E-state index in [1.54, 1.807) is 12.1 Å². The molecule has 1 saturated heterocycles. The maximum atomic E-state index is 11.7. The van der Waals surface area contributed by atoms with E-state index < -0.39 is 5.97 Å². The van der Waals surface area contributed by atoms with Gasteiger partial charge in [0.15, 0.2) is 0 Å². The van der Waals surface area contributed by atoms with Gasteiger partial charge in [0, 0.05) is 12.4 Å². The molecule has 2 heterocycles. The van der Waals surface area contributed by atoms with Crippen LogP contribution in [0.3, 0.4) is 0 Å². The molecule has 0 atom stereocenters. The van der Waals surface area contributed by atoms with Gasteiger partial charge in [-0.25, -0.2) is 4.79 Å². The zero-order valence-corrected chi connectivity index (χ0v) is 15.6. The van der Waals surface area contributed by atoms with Crippen LogP contribution in [0.4, 0.5) is 5.69 Å². The highest BCUT2D eigenvalue weighted by atomic mass is 16.5. The molecule has 1 aliphatic heterocycles. The van der Waals surface area contributed by atoms with Crippen molar-refractivity contribution in [1.82, 2.24) is 4.57 Å². The van der Waals surface area contributed by atoms with E-state index in [4.69, 9.17) is 9.47 Å². The molecule has 4 rings (SSSR count). The second kappa shape index (κ2) is 7.68. The number of para-hydroxylation sites is 1. The first-order chi connectivity index (χ1) is 13.7. The first kappa shape index (κ1) is 18.0. The molecule has 3 aromatic rings. The molecule has 6 heteroatoms. The smallest absolute Gasteiger partial charge is 0.337 e. The lowest BCUT2D eigenvalue weighted by Crippen LogP contribution is -2.54. The molecule has 1 N–H and O–H groups in total. The van der Waals surface area contributed by atoms with Crippen molar-refractivity contribution in [3.8, 4) is 17.2 Å². The second-order valence-electron chi connectivity index (χ2n) is 6.62. The summed E-state index contributed by atoms with van der Waals surface area (Å²) in [5.74, 6) is 0.693. The molecule has 1 aliphatic rings. The number of hydrogen-bond donors (Lipinski definition) is 1. The van der Waals surface area contributed by atoms with E-state index >= 15 is 0 Å². The number of hydrogen-bond acceptors (Lipinski definition) is 4. The van der Waals surface area contributed by atoms with E-state index in [1.807, 2.05) is 66.3 Å². The molecule has 0 aliphatic carbocycles. The molecule has 0 unspecified atom stereocenters. The third kappa shape index (κ3) is 3.53. The van der Waals surface area contributed by atoms with Crippen molar-refractivity contribution in [1.29, 1.82) is 0 Å². The van der Waals surface area contributed by atoms with Crippen LogP contribution in [0.2, 0.25) is 0 Å². The first-order valence-corrected chi connectivity index (χ1v) is 9.30. The summed E-state index contributed by atoms with van der Waals surface area (Å²) in [7, 11) is 0. The van der Waals surface area contributed by atoms with Gasteiger partial charge in [0.25, 0.3) is 0 Å². The maximum absolute atomic E-state index is 11.7. The van der Waals surface area contributed by atoms with E-state index in [-0.39, 0.29) is 11.7 Å². The number of aromatic carboxylic acids is 1. The quantitative estimate of drug-likeness (QED) is 0.677. The fourth-order valence-corrected chi connectivity index (χ4v) is 3.40. The maximum Gasteiger partial charge on any atom is 0.337 e. The number of carbonyl (C=O) groups is 1. The van der Waals surface area contributed by atoms with Gasteiger partial charge >= 0.3 is 5.97 Å². The Bertz CT molecular complexity index is 945. The molecule has 0 spiro atoms. The van der Waals surface area contributed by atoms with Crippen LogP contribution in [0.1, 0.15) is 17.3 Å². The third-order valence-corrected chi connectivity index (χ3v) is 4.73. The Kier molecular flexibility index (Phi) is 4.93. The Balaban J connectivity index is 1.48. The zero-order valence-electron chi connectivity index (χ0n) is 15.6. The summed E-state index contributed by atoms with van der Waals surface area (Å²) in [4.78, 5) is 13.9. The Hall–Kier alpha value is -3.41. The van der Waals surface area contributed by atoms with Crippen molar-refractivity contribution in [3.05, 3.63) is 72.6 Å². The normalized spacial score (nSPS) is 13.8. The summed E-state index contributed by atoms with van der Waals surface area (Å²) < 4.78 is 13.3. The van der Waals surface area contributed by atoms with Crippen molar-refractivity contribution in [3.63, 3.8) is 0 Å². The zero-order chi connectivity index (χ0) is 19.5. The Labute approximate surface area is 163 Å². The first-order valence-electron chi connectivity index (χ1n) is 9.30. The molecular formula is C22H22N2O4. The van der Waals surface area contributed by atoms with Crippen LogP contribution in [0.5, 0.6) is 11.5 Å². The van der Waals surface area contributed by atoms with Gasteiger partial charge in [-0.1, -0.05) is 6.07 Å². The van der Waals surface area contributed by atoms with Crippen LogP contribution in [0.15, 0.2) is 67.0 Å². The lowest BCUT2D eigenvalue weighted by molar-refractivity contribution is 0.0697. The van der Waals surface area contributed by atoms with E-state index in [1.165, 1.54) is 0 Å². The SMILES string of the molecule is CCOc1ccc(OC2CN(c3cccc(C(=O)O)c3-n3cccc3)C2)cc1. The van der Waals surface area contributed by atoms with Crippen molar-refractivity contribution in [2.75, 3.05) is 24.6 Å². The van der Waals surface area contributed by atoms with Crippen molar-refractivity contribution < 1.29 is 19.4 Å². The minimum Gasteiger partial charge on any atom is -0.494 e. The van der Waals surface area contributed by atoms with E-state index in [9.17, 15) is 9.90 Å². The Morgan fingerprint density at radius 3 is 2.36 bits per heavy atom. The Morgan fingerprint density at radius 1 is 1.04 bits per heavy atom. The van der Waals surface area contributed by atoms with Crippen LogP contribution < -0.4 is 14.4 Å². The van der Waals surface area contributed by atoms with Crippen LogP contribution in [-0.2, 0) is 0 Å². The van der Waals surface area contributed by atoms with Crippen LogP contribution in [0.25, 0.3) is 5.69 Å². The molecule has 0 bridgehead atoms. The highest BCUT2D eigenvalue weighted by Crippen LogP contribution is 2.32. The highest BCUT2D eigenvalue weighted by molar-refractivity contribution is 5.95. The number of anilines is 1. The number of carboxylic acids is 1. The van der Waals surface area contributed by atoms with E-state index in [2.05, 4.69) is 4.90 Å². The Morgan fingerprint density at radius 2 is 1.71 bits per heavy atom. The van der Waals surface area contributed by atoms with Gasteiger partial charge in [-0.2, -0.15) is 0 Å². The number of ether oxygens (including phenoxy) is 2. The molecule has 1 aromatic heterocycles. The molecule has 28 heavy (non-hydrogen) atoms. The van der Waals surface area contributed by atoms with Gasteiger partial charge < -0.3 is 24.0 Å². The fourth-order valence-electron chi connectivity index (χ4n) is 3.40. The van der Waals surface area contributed by atoms with Gasteiger partial charge in [0.2, 0.25) is 0 Å². The number of benzene rings is 2. The average molecular weight is 378 g/mol. The fraction of sp³-hybridized carbons (Fsp3) is 0.227. The number of aromatic nitrogens is 1. The van der Waals surface area contributed by atoms with Crippen LogP contribution in [0, 0.1) is 0 Å². The predicted octanol–water partition coefficient (Wildman–Crippen LogP) is 3.84. The summed E-state index contributed by atoms with van der Waals surface area (Å²) >= 11 is 0. The van der Waals surface area contributed by atoms with Crippen molar-refractivity contribution in [2.24, 2.45) is 0 Å². The predicted molar refractivity (Wildman–Crippen MR) is 107 cm³/mol. The second-order valence-corrected chi connectivity index (χ2v) is 6.62. The summed E-state index contributed by atoms with van der Waals surface area (Å²) in [6.07, 6.45) is 3.78. The van der Waals surface area contributed by atoms with Gasteiger partial charge in [0.05, 0.1) is 36.6 Å².